The van der Waals surface area contributed by atoms with Crippen LogP contribution in [0.3, 0.4) is 0 Å². The quantitative estimate of drug-likeness (QED) is 0.707. The molecule has 0 saturated heterocycles. The highest BCUT2D eigenvalue weighted by atomic mass is 32.2. The molecule has 118 valence electrons. The summed E-state index contributed by atoms with van der Waals surface area (Å²) in [4.78, 5) is 28.6. The maximum absolute atomic E-state index is 12.0. The van der Waals surface area contributed by atoms with E-state index in [1.165, 1.54) is 12.0 Å². The molecule has 0 aliphatic carbocycles. The summed E-state index contributed by atoms with van der Waals surface area (Å²) >= 11 is 1.09. The minimum absolute atomic E-state index is 0.00717. The fourth-order valence-corrected chi connectivity index (χ4v) is 3.02. The highest BCUT2D eigenvalue weighted by molar-refractivity contribution is 7.92. The number of aromatic nitrogens is 1. The van der Waals surface area contributed by atoms with Crippen molar-refractivity contribution in [3.63, 3.8) is 0 Å². The molecule has 1 aromatic heterocycles. The third-order valence-electron chi connectivity index (χ3n) is 2.44. The van der Waals surface area contributed by atoms with Crippen LogP contribution in [-0.2, 0) is 30.8 Å². The molecule has 8 nitrogen and oxygen atoms in total. The number of carbonyl (C=O) groups excluding carboxylic acids is 2. The molecule has 0 fully saturated rings. The molecule has 1 amide bonds. The monoisotopic (exact) mass is 335 g/mol. The van der Waals surface area contributed by atoms with Crippen molar-refractivity contribution in [3.8, 4) is 0 Å². The third kappa shape index (κ3) is 6.08. The maximum atomic E-state index is 12.0. The van der Waals surface area contributed by atoms with Gasteiger partial charge in [-0.05, 0) is 6.92 Å². The highest BCUT2D eigenvalue weighted by Crippen LogP contribution is 2.17. The van der Waals surface area contributed by atoms with Gasteiger partial charge in [0.15, 0.2) is 5.13 Å². The van der Waals surface area contributed by atoms with Crippen molar-refractivity contribution in [2.45, 2.75) is 13.3 Å². The van der Waals surface area contributed by atoms with Gasteiger partial charge in [-0.1, -0.05) is 0 Å². The zero-order valence-corrected chi connectivity index (χ0v) is 13.6. The van der Waals surface area contributed by atoms with Crippen molar-refractivity contribution in [2.75, 3.05) is 31.2 Å². The van der Waals surface area contributed by atoms with Crippen molar-refractivity contribution in [2.24, 2.45) is 0 Å². The summed E-state index contributed by atoms with van der Waals surface area (Å²) < 4.78 is 28.9. The molecule has 1 N–H and O–H groups in total. The summed E-state index contributed by atoms with van der Waals surface area (Å²) in [6, 6.07) is 0. The molecule has 21 heavy (non-hydrogen) atoms. The van der Waals surface area contributed by atoms with Gasteiger partial charge < -0.3 is 9.64 Å². The van der Waals surface area contributed by atoms with Gasteiger partial charge in [0.25, 0.3) is 0 Å². The minimum atomic E-state index is -3.39. The number of rotatable bonds is 7. The van der Waals surface area contributed by atoms with Gasteiger partial charge in [0, 0.05) is 11.9 Å². The highest BCUT2D eigenvalue weighted by Gasteiger charge is 2.18. The summed E-state index contributed by atoms with van der Waals surface area (Å²) in [6.07, 6.45) is 1.02. The Kier molecular flexibility index (Phi) is 6.09. The fourth-order valence-electron chi connectivity index (χ4n) is 1.46. The number of methoxy groups -OCH3 is 1. The Morgan fingerprint density at radius 2 is 2.14 bits per heavy atom. The van der Waals surface area contributed by atoms with E-state index in [9.17, 15) is 18.0 Å². The Balaban J connectivity index is 2.67. The topological polar surface area (TPSA) is 106 Å². The van der Waals surface area contributed by atoms with Crippen LogP contribution in [0.2, 0.25) is 0 Å². The van der Waals surface area contributed by atoms with E-state index in [2.05, 4.69) is 14.4 Å². The van der Waals surface area contributed by atoms with Crippen LogP contribution in [0.25, 0.3) is 0 Å². The smallest absolute Gasteiger partial charge is 0.325 e. The molecule has 0 bridgehead atoms. The van der Waals surface area contributed by atoms with Crippen LogP contribution in [-0.4, -0.2) is 56.6 Å². The zero-order chi connectivity index (χ0) is 16.0. The lowest BCUT2D eigenvalue weighted by Gasteiger charge is -2.18. The second-order valence-corrected chi connectivity index (χ2v) is 6.79. The van der Waals surface area contributed by atoms with Gasteiger partial charge in [-0.25, -0.2) is 13.4 Å². The van der Waals surface area contributed by atoms with Crippen LogP contribution in [0.15, 0.2) is 5.38 Å². The lowest BCUT2D eigenvalue weighted by molar-refractivity contribution is -0.146. The van der Waals surface area contributed by atoms with E-state index in [1.807, 2.05) is 0 Å². The maximum Gasteiger partial charge on any atom is 0.325 e. The van der Waals surface area contributed by atoms with Crippen molar-refractivity contribution >= 4 is 38.4 Å². The first-order valence-electron chi connectivity index (χ1n) is 6.02. The summed E-state index contributed by atoms with van der Waals surface area (Å²) in [5, 5.41) is 1.80. The first kappa shape index (κ1) is 17.4. The number of hydrogen-bond donors (Lipinski definition) is 1. The number of amides is 1. The molecule has 0 aliphatic heterocycles. The second kappa shape index (κ2) is 7.36. The second-order valence-electron chi connectivity index (χ2n) is 4.18. The molecule has 10 heteroatoms. The zero-order valence-electron chi connectivity index (χ0n) is 12.0. The van der Waals surface area contributed by atoms with E-state index < -0.39 is 16.0 Å². The first-order valence-corrected chi connectivity index (χ1v) is 8.79. The van der Waals surface area contributed by atoms with Crippen LogP contribution < -0.4 is 4.72 Å². The molecule has 0 radical (unpaired) electrons. The Morgan fingerprint density at radius 3 is 2.67 bits per heavy atom. The van der Waals surface area contributed by atoms with E-state index in [0.717, 1.165) is 17.6 Å². The molecule has 0 atom stereocenters. The average molecular weight is 335 g/mol. The minimum Gasteiger partial charge on any atom is -0.468 e. The number of ether oxygens (including phenoxy) is 1. The predicted molar refractivity (Wildman–Crippen MR) is 78.6 cm³/mol. The van der Waals surface area contributed by atoms with Gasteiger partial charge in [-0.2, -0.15) is 0 Å². The van der Waals surface area contributed by atoms with Crippen molar-refractivity contribution in [1.29, 1.82) is 0 Å². The number of thiazole rings is 1. The molecule has 0 unspecified atom stereocenters. The molecule has 0 aromatic carbocycles. The third-order valence-corrected chi connectivity index (χ3v) is 3.94. The predicted octanol–water partition coefficient (Wildman–Crippen LogP) is 0.0786. The summed E-state index contributed by atoms with van der Waals surface area (Å²) in [5.74, 6) is -0.776. The van der Waals surface area contributed by atoms with Crippen LogP contribution in [0, 0.1) is 0 Å². The van der Waals surface area contributed by atoms with Crippen LogP contribution in [0.5, 0.6) is 0 Å². The summed E-state index contributed by atoms with van der Waals surface area (Å²) in [5.41, 5.74) is 0.444. The van der Waals surface area contributed by atoms with E-state index in [-0.39, 0.29) is 24.0 Å². The van der Waals surface area contributed by atoms with Crippen LogP contribution in [0.4, 0.5) is 5.13 Å². The molecule has 0 aliphatic rings. The Hall–Kier alpha value is -1.68. The fraction of sp³-hybridized carbons (Fsp3) is 0.545. The standard InChI is InChI=1S/C11H17N3O5S2/c1-4-14(6-10(16)19-2)9(15)5-8-7-20-11(12-8)13-21(3,17)18/h7H,4-6H2,1-3H3,(H,12,13). The van der Waals surface area contributed by atoms with E-state index >= 15 is 0 Å². The van der Waals surface area contributed by atoms with E-state index in [0.29, 0.717) is 12.2 Å². The normalized spacial score (nSPS) is 11.0. The number of likely N-dealkylation sites (N-methyl/N-ethyl adjacent to an activating group) is 1. The summed E-state index contributed by atoms with van der Waals surface area (Å²) in [6.45, 7) is 2.00. The van der Waals surface area contributed by atoms with Gasteiger partial charge in [-0.3, -0.25) is 14.3 Å². The number of nitrogens with zero attached hydrogens (tertiary/aromatic N) is 2. The largest absolute Gasteiger partial charge is 0.468 e. The number of hydrogen-bond acceptors (Lipinski definition) is 7. The van der Waals surface area contributed by atoms with Crippen molar-refractivity contribution < 1.29 is 22.7 Å². The molecular weight excluding hydrogens is 318 g/mol. The molecular formula is C11H17N3O5S2. The number of nitrogens with one attached hydrogen (secondary N) is 1. The Morgan fingerprint density at radius 1 is 1.48 bits per heavy atom. The molecule has 0 spiro atoms. The molecule has 1 rings (SSSR count). The van der Waals surface area contributed by atoms with E-state index in [1.54, 1.807) is 12.3 Å². The number of carbonyl (C=O) groups is 2. The molecule has 0 saturated carbocycles. The first-order chi connectivity index (χ1) is 9.75. The Bertz CT molecular complexity index is 611. The van der Waals surface area contributed by atoms with E-state index in [4.69, 9.17) is 0 Å². The number of sulfonamides is 1. The van der Waals surface area contributed by atoms with Gasteiger partial charge in [-0.15, -0.1) is 11.3 Å². The van der Waals surface area contributed by atoms with Gasteiger partial charge >= 0.3 is 5.97 Å². The van der Waals surface area contributed by atoms with Crippen LogP contribution in [0.1, 0.15) is 12.6 Å². The van der Waals surface area contributed by atoms with Gasteiger partial charge in [0.2, 0.25) is 15.9 Å². The average Bonchev–Trinajstić information content (AvgIpc) is 2.80. The summed E-state index contributed by atoms with van der Waals surface area (Å²) in [7, 11) is -2.14. The number of esters is 1. The lowest BCUT2D eigenvalue weighted by Crippen LogP contribution is -2.37. The van der Waals surface area contributed by atoms with Crippen molar-refractivity contribution in [1.82, 2.24) is 9.88 Å². The van der Waals surface area contributed by atoms with Crippen LogP contribution >= 0.6 is 11.3 Å². The van der Waals surface area contributed by atoms with Gasteiger partial charge in [0.1, 0.15) is 6.54 Å². The molecule has 1 heterocycles. The van der Waals surface area contributed by atoms with Gasteiger partial charge in [0.05, 0.1) is 25.5 Å². The Labute approximate surface area is 127 Å². The SMILES string of the molecule is CCN(CC(=O)OC)C(=O)Cc1csc(NS(C)(=O)=O)n1. The van der Waals surface area contributed by atoms with Crippen molar-refractivity contribution in [3.05, 3.63) is 11.1 Å². The lowest BCUT2D eigenvalue weighted by atomic mass is 10.3. The number of anilines is 1. The molecule has 1 aromatic rings.